The number of tetrazole rings is 1. The molecule has 0 bridgehead atoms. The minimum absolute atomic E-state index is 0.0381. The maximum absolute atomic E-state index is 12.8. The van der Waals surface area contributed by atoms with Crippen molar-refractivity contribution in [2.75, 3.05) is 24.8 Å². The van der Waals surface area contributed by atoms with Crippen molar-refractivity contribution in [3.05, 3.63) is 65.5 Å². The number of hydrogen-bond acceptors (Lipinski definition) is 9. The van der Waals surface area contributed by atoms with Crippen LogP contribution < -0.4 is 10.1 Å². The lowest BCUT2D eigenvalue weighted by Gasteiger charge is -2.10. The van der Waals surface area contributed by atoms with E-state index in [1.165, 1.54) is 27.8 Å². The fraction of sp³-hybridized carbons (Fsp3) is 0.174. The predicted octanol–water partition coefficient (Wildman–Crippen LogP) is 4.31. The smallest absolute Gasteiger partial charge is 0.341 e. The number of carbonyl (C=O) groups is 2. The summed E-state index contributed by atoms with van der Waals surface area (Å²) in [4.78, 5) is 25.5. The summed E-state index contributed by atoms with van der Waals surface area (Å²) < 4.78 is 12.1. The van der Waals surface area contributed by atoms with Gasteiger partial charge in [-0.25, -0.2) is 4.79 Å². The molecule has 174 valence electrons. The minimum Gasteiger partial charge on any atom is -0.494 e. The normalized spacial score (nSPS) is 10.6. The van der Waals surface area contributed by atoms with Crippen LogP contribution in [0.5, 0.6) is 5.75 Å². The third-order valence-electron chi connectivity index (χ3n) is 4.69. The molecule has 2 aromatic heterocycles. The van der Waals surface area contributed by atoms with Gasteiger partial charge in [-0.1, -0.05) is 54.2 Å². The second-order valence-corrected chi connectivity index (χ2v) is 8.64. The van der Waals surface area contributed by atoms with Gasteiger partial charge >= 0.3 is 5.97 Å². The number of rotatable bonds is 9. The number of anilines is 1. The zero-order valence-electron chi connectivity index (χ0n) is 18.4. The predicted molar refractivity (Wildman–Crippen MR) is 131 cm³/mol. The summed E-state index contributed by atoms with van der Waals surface area (Å²) in [6.45, 7) is 1.98. The molecule has 34 heavy (non-hydrogen) atoms. The molecule has 0 unspecified atom stereocenters. The summed E-state index contributed by atoms with van der Waals surface area (Å²) in [6.07, 6.45) is 0. The summed E-state index contributed by atoms with van der Waals surface area (Å²) in [5.74, 6) is -0.138. The van der Waals surface area contributed by atoms with Gasteiger partial charge in [0.15, 0.2) is 0 Å². The van der Waals surface area contributed by atoms with Crippen molar-refractivity contribution in [1.82, 2.24) is 20.2 Å². The van der Waals surface area contributed by atoms with Crippen LogP contribution in [-0.2, 0) is 9.53 Å². The van der Waals surface area contributed by atoms with Crippen LogP contribution in [0, 0.1) is 0 Å². The fourth-order valence-corrected chi connectivity index (χ4v) is 4.86. The van der Waals surface area contributed by atoms with E-state index in [1.807, 2.05) is 53.9 Å². The van der Waals surface area contributed by atoms with E-state index in [-0.39, 0.29) is 18.3 Å². The van der Waals surface area contributed by atoms with Crippen LogP contribution in [0.25, 0.3) is 16.8 Å². The number of esters is 1. The number of para-hydroxylation sites is 2. The molecular weight excluding hydrogens is 474 g/mol. The lowest BCUT2D eigenvalue weighted by molar-refractivity contribution is -0.113. The molecule has 11 heteroatoms. The zero-order valence-corrected chi connectivity index (χ0v) is 20.1. The number of nitrogens with zero attached hydrogens (tertiary/aromatic N) is 4. The first-order valence-corrected chi connectivity index (χ1v) is 12.2. The monoisotopic (exact) mass is 495 g/mol. The summed E-state index contributed by atoms with van der Waals surface area (Å²) in [5, 5.41) is 17.3. The number of methoxy groups -OCH3 is 1. The van der Waals surface area contributed by atoms with Crippen LogP contribution in [0.4, 0.5) is 5.00 Å². The van der Waals surface area contributed by atoms with Crippen molar-refractivity contribution >= 4 is 40.0 Å². The van der Waals surface area contributed by atoms with E-state index in [4.69, 9.17) is 9.47 Å². The van der Waals surface area contributed by atoms with Crippen molar-refractivity contribution in [3.63, 3.8) is 0 Å². The number of aromatic nitrogens is 4. The number of ether oxygens (including phenoxy) is 2. The van der Waals surface area contributed by atoms with Gasteiger partial charge in [0.2, 0.25) is 11.1 Å². The number of carbonyl (C=O) groups excluding carboxylic acids is 2. The van der Waals surface area contributed by atoms with Crippen LogP contribution in [0.15, 0.2) is 65.1 Å². The summed E-state index contributed by atoms with van der Waals surface area (Å²) in [7, 11) is 1.56. The number of nitrogens with one attached hydrogen (secondary N) is 1. The van der Waals surface area contributed by atoms with E-state index in [1.54, 1.807) is 20.1 Å². The largest absolute Gasteiger partial charge is 0.494 e. The van der Waals surface area contributed by atoms with Crippen LogP contribution in [0.2, 0.25) is 0 Å². The molecule has 2 heterocycles. The Hall–Kier alpha value is -3.70. The average Bonchev–Trinajstić information content (AvgIpc) is 3.50. The van der Waals surface area contributed by atoms with Gasteiger partial charge in [0.1, 0.15) is 22.0 Å². The molecule has 0 atom stereocenters. The number of benzene rings is 2. The molecule has 4 aromatic rings. The van der Waals surface area contributed by atoms with Gasteiger partial charge in [-0.05, 0) is 35.0 Å². The third-order valence-corrected chi connectivity index (χ3v) is 6.51. The molecular formula is C23H21N5O4S2. The van der Waals surface area contributed by atoms with Crippen molar-refractivity contribution in [2.45, 2.75) is 12.1 Å². The first-order chi connectivity index (χ1) is 16.6. The fourth-order valence-electron chi connectivity index (χ4n) is 3.20. The Morgan fingerprint density at radius 1 is 1.12 bits per heavy atom. The molecule has 0 spiro atoms. The highest BCUT2D eigenvalue weighted by Crippen LogP contribution is 2.36. The SMILES string of the molecule is CCOC(=O)c1c(-c2ccccc2)csc1NC(=O)CSc1nnnn1-c1ccccc1OC. The molecule has 1 amide bonds. The summed E-state index contributed by atoms with van der Waals surface area (Å²) >= 11 is 2.45. The quantitative estimate of drug-likeness (QED) is 0.270. The molecule has 0 saturated heterocycles. The molecule has 4 rings (SSSR count). The van der Waals surface area contributed by atoms with E-state index in [0.717, 1.165) is 5.56 Å². The second-order valence-electron chi connectivity index (χ2n) is 6.82. The molecule has 0 aliphatic heterocycles. The average molecular weight is 496 g/mol. The minimum atomic E-state index is -0.481. The number of thiophene rings is 1. The van der Waals surface area contributed by atoms with E-state index >= 15 is 0 Å². The van der Waals surface area contributed by atoms with E-state index in [9.17, 15) is 9.59 Å². The second kappa shape index (κ2) is 10.9. The molecule has 1 N–H and O–H groups in total. The molecule has 2 aromatic carbocycles. The van der Waals surface area contributed by atoms with Crippen LogP contribution >= 0.6 is 23.1 Å². The van der Waals surface area contributed by atoms with Gasteiger partial charge in [-0.15, -0.1) is 16.4 Å². The van der Waals surface area contributed by atoms with Crippen LogP contribution in [-0.4, -0.2) is 51.6 Å². The Morgan fingerprint density at radius 2 is 1.88 bits per heavy atom. The zero-order chi connectivity index (χ0) is 23.9. The first-order valence-electron chi connectivity index (χ1n) is 10.3. The molecule has 0 radical (unpaired) electrons. The highest BCUT2D eigenvalue weighted by atomic mass is 32.2. The number of amides is 1. The van der Waals surface area contributed by atoms with Crippen LogP contribution in [0.3, 0.4) is 0 Å². The van der Waals surface area contributed by atoms with Gasteiger partial charge in [0.25, 0.3) is 0 Å². The van der Waals surface area contributed by atoms with Gasteiger partial charge in [0, 0.05) is 10.9 Å². The van der Waals surface area contributed by atoms with Crippen molar-refractivity contribution in [3.8, 4) is 22.6 Å². The molecule has 0 aliphatic carbocycles. The Balaban J connectivity index is 1.51. The Labute approximate surface area is 204 Å². The lowest BCUT2D eigenvalue weighted by atomic mass is 10.0. The van der Waals surface area contributed by atoms with Gasteiger partial charge in [-0.2, -0.15) is 4.68 Å². The molecule has 0 saturated carbocycles. The first kappa shape index (κ1) is 23.5. The van der Waals surface area contributed by atoms with Gasteiger partial charge < -0.3 is 14.8 Å². The van der Waals surface area contributed by atoms with E-state index < -0.39 is 5.97 Å². The standard InChI is InChI=1S/C23H21N5O4S2/c1-3-32-22(30)20-16(15-9-5-4-6-10-15)13-33-21(20)24-19(29)14-34-23-25-26-27-28(23)17-11-7-8-12-18(17)31-2/h4-13H,3,14H2,1-2H3,(H,24,29). The number of hydrogen-bond donors (Lipinski definition) is 1. The Kier molecular flexibility index (Phi) is 7.55. The molecule has 0 aliphatic rings. The van der Waals surface area contributed by atoms with Crippen LogP contribution in [0.1, 0.15) is 17.3 Å². The number of thioether (sulfide) groups is 1. The van der Waals surface area contributed by atoms with Gasteiger partial charge in [-0.3, -0.25) is 4.79 Å². The highest BCUT2D eigenvalue weighted by molar-refractivity contribution is 7.99. The summed E-state index contributed by atoms with van der Waals surface area (Å²) in [6, 6.07) is 16.8. The molecule has 0 fully saturated rings. The summed E-state index contributed by atoms with van der Waals surface area (Å²) in [5.41, 5.74) is 2.59. The Bertz CT molecular complexity index is 1290. The Morgan fingerprint density at radius 3 is 2.65 bits per heavy atom. The van der Waals surface area contributed by atoms with E-state index in [0.29, 0.717) is 32.7 Å². The lowest BCUT2D eigenvalue weighted by Crippen LogP contribution is -2.17. The van der Waals surface area contributed by atoms with Crippen molar-refractivity contribution < 1.29 is 19.1 Å². The van der Waals surface area contributed by atoms with Crippen molar-refractivity contribution in [1.29, 1.82) is 0 Å². The highest BCUT2D eigenvalue weighted by Gasteiger charge is 2.23. The maximum Gasteiger partial charge on any atom is 0.341 e. The van der Waals surface area contributed by atoms with Gasteiger partial charge in [0.05, 0.1) is 19.5 Å². The maximum atomic E-state index is 12.8. The topological polar surface area (TPSA) is 108 Å². The molecule has 9 nitrogen and oxygen atoms in total. The van der Waals surface area contributed by atoms with E-state index in [2.05, 4.69) is 20.8 Å². The van der Waals surface area contributed by atoms with Crippen molar-refractivity contribution in [2.24, 2.45) is 0 Å². The third kappa shape index (κ3) is 5.10.